The molecule has 1 aromatic carbocycles. The van der Waals surface area contributed by atoms with Crippen molar-refractivity contribution in [3.8, 4) is 5.69 Å². The fourth-order valence-electron chi connectivity index (χ4n) is 2.43. The Morgan fingerprint density at radius 2 is 2.11 bits per heavy atom. The van der Waals surface area contributed by atoms with Gasteiger partial charge in [-0.1, -0.05) is 24.6 Å². The van der Waals surface area contributed by atoms with E-state index in [1.165, 1.54) is 19.3 Å². The molecule has 1 aromatic heterocycles. The van der Waals surface area contributed by atoms with E-state index < -0.39 is 0 Å². The highest BCUT2D eigenvalue weighted by molar-refractivity contribution is 5.28. The molecule has 4 nitrogen and oxygen atoms in total. The van der Waals surface area contributed by atoms with Gasteiger partial charge in [0.05, 0.1) is 17.6 Å². The molecule has 0 radical (unpaired) electrons. The highest BCUT2D eigenvalue weighted by atomic mass is 15.5. The summed E-state index contributed by atoms with van der Waals surface area (Å²) in [6.45, 7) is 3.07. The van der Waals surface area contributed by atoms with Gasteiger partial charge in [-0.15, -0.1) is 0 Å². The molecule has 0 saturated heterocycles. The van der Waals surface area contributed by atoms with Crippen LogP contribution < -0.4 is 5.32 Å². The Balaban J connectivity index is 1.59. The summed E-state index contributed by atoms with van der Waals surface area (Å²) >= 11 is 0. The lowest BCUT2D eigenvalue weighted by Gasteiger charge is -2.31. The van der Waals surface area contributed by atoms with Gasteiger partial charge in [-0.2, -0.15) is 15.0 Å². The minimum absolute atomic E-state index is 0.579. The number of benzene rings is 1. The second-order valence-corrected chi connectivity index (χ2v) is 5.32. The minimum Gasteiger partial charge on any atom is -0.308 e. The smallest absolute Gasteiger partial charge is 0.0969 e. The van der Waals surface area contributed by atoms with E-state index in [2.05, 4.69) is 22.4 Å². The third-order valence-electron chi connectivity index (χ3n) is 3.99. The van der Waals surface area contributed by atoms with Gasteiger partial charge in [0.2, 0.25) is 0 Å². The van der Waals surface area contributed by atoms with Gasteiger partial charge in [-0.3, -0.25) is 0 Å². The zero-order valence-corrected chi connectivity index (χ0v) is 11.3. The number of hydrogen-bond donors (Lipinski definition) is 1. The summed E-state index contributed by atoms with van der Waals surface area (Å²) in [6, 6.07) is 10.6. The number of nitrogens with one attached hydrogen (secondary N) is 1. The van der Waals surface area contributed by atoms with Crippen LogP contribution in [0.4, 0.5) is 0 Å². The monoisotopic (exact) mass is 256 g/mol. The normalized spacial score (nSPS) is 17.1. The molecule has 4 heteroatoms. The average Bonchev–Trinajstić information content (AvgIpc) is 2.84. The Hall–Kier alpha value is -1.68. The summed E-state index contributed by atoms with van der Waals surface area (Å²) in [5.41, 5.74) is 2.00. The molecule has 2 aromatic rings. The van der Waals surface area contributed by atoms with E-state index in [9.17, 15) is 0 Å². The van der Waals surface area contributed by atoms with Crippen LogP contribution in [0.5, 0.6) is 0 Å². The molecule has 19 heavy (non-hydrogen) atoms. The maximum Gasteiger partial charge on any atom is 0.0969 e. The minimum atomic E-state index is 0.579. The topological polar surface area (TPSA) is 42.7 Å². The van der Waals surface area contributed by atoms with Crippen molar-refractivity contribution in [3.63, 3.8) is 0 Å². The molecule has 0 aliphatic heterocycles. The molecule has 3 rings (SSSR count). The maximum absolute atomic E-state index is 4.50. The fraction of sp³-hybridized carbons (Fsp3) is 0.467. The maximum atomic E-state index is 4.50. The molecule has 1 aliphatic carbocycles. The highest BCUT2D eigenvalue weighted by Crippen LogP contribution is 2.29. The van der Waals surface area contributed by atoms with Crippen LogP contribution >= 0.6 is 0 Å². The van der Waals surface area contributed by atoms with Gasteiger partial charge in [0, 0.05) is 12.6 Å². The summed E-state index contributed by atoms with van der Waals surface area (Å²) in [5.74, 6) is 0.851. The highest BCUT2D eigenvalue weighted by Gasteiger charge is 2.23. The number of nitrogens with zero attached hydrogens (tertiary/aromatic N) is 3. The predicted octanol–water partition coefficient (Wildman–Crippen LogP) is 2.55. The number of aromatic nitrogens is 3. The molecule has 1 atom stereocenters. The number of para-hydroxylation sites is 1. The quantitative estimate of drug-likeness (QED) is 0.894. The first kappa shape index (κ1) is 12.4. The second-order valence-electron chi connectivity index (χ2n) is 5.32. The largest absolute Gasteiger partial charge is 0.308 e. The van der Waals surface area contributed by atoms with E-state index in [0.29, 0.717) is 6.04 Å². The average molecular weight is 256 g/mol. The van der Waals surface area contributed by atoms with Gasteiger partial charge in [0.25, 0.3) is 0 Å². The fourth-order valence-corrected chi connectivity index (χ4v) is 2.43. The summed E-state index contributed by atoms with van der Waals surface area (Å²) in [5, 5.41) is 12.4. The van der Waals surface area contributed by atoms with Crippen molar-refractivity contribution in [3.05, 3.63) is 42.2 Å². The van der Waals surface area contributed by atoms with Gasteiger partial charge in [0.15, 0.2) is 0 Å². The van der Waals surface area contributed by atoms with Crippen molar-refractivity contribution in [2.45, 2.75) is 38.8 Å². The Kier molecular flexibility index (Phi) is 3.60. The zero-order valence-electron chi connectivity index (χ0n) is 11.3. The summed E-state index contributed by atoms with van der Waals surface area (Å²) in [6.07, 6.45) is 5.96. The van der Waals surface area contributed by atoms with Crippen LogP contribution in [0.3, 0.4) is 0 Å². The molecule has 1 saturated carbocycles. The van der Waals surface area contributed by atoms with Crippen molar-refractivity contribution in [1.29, 1.82) is 0 Å². The predicted molar refractivity (Wildman–Crippen MR) is 75.0 cm³/mol. The molecule has 100 valence electrons. The Morgan fingerprint density at radius 3 is 2.79 bits per heavy atom. The zero-order chi connectivity index (χ0) is 13.1. The third kappa shape index (κ3) is 2.84. The van der Waals surface area contributed by atoms with Gasteiger partial charge < -0.3 is 5.32 Å². The van der Waals surface area contributed by atoms with E-state index in [-0.39, 0.29) is 0 Å². The summed E-state index contributed by atoms with van der Waals surface area (Å²) < 4.78 is 0. The Morgan fingerprint density at radius 1 is 1.32 bits per heavy atom. The van der Waals surface area contributed by atoms with E-state index in [4.69, 9.17) is 0 Å². The molecule has 1 fully saturated rings. The van der Waals surface area contributed by atoms with Crippen LogP contribution in [0.15, 0.2) is 36.5 Å². The summed E-state index contributed by atoms with van der Waals surface area (Å²) in [7, 11) is 0. The van der Waals surface area contributed by atoms with Crippen LogP contribution in [0, 0.1) is 5.92 Å². The van der Waals surface area contributed by atoms with Crippen LogP contribution in [-0.4, -0.2) is 21.0 Å². The first-order valence-corrected chi connectivity index (χ1v) is 7.03. The molecular formula is C15H20N4. The first-order chi connectivity index (χ1) is 9.33. The van der Waals surface area contributed by atoms with Crippen LogP contribution in [0.1, 0.15) is 31.9 Å². The molecular weight excluding hydrogens is 236 g/mol. The third-order valence-corrected chi connectivity index (χ3v) is 3.99. The van der Waals surface area contributed by atoms with Crippen LogP contribution in [-0.2, 0) is 6.54 Å². The number of hydrogen-bond acceptors (Lipinski definition) is 3. The van der Waals surface area contributed by atoms with Crippen molar-refractivity contribution < 1.29 is 0 Å². The van der Waals surface area contributed by atoms with Crippen LogP contribution in [0.2, 0.25) is 0 Å². The first-order valence-electron chi connectivity index (χ1n) is 7.03. The Bertz CT molecular complexity index is 516. The van der Waals surface area contributed by atoms with Gasteiger partial charge >= 0.3 is 0 Å². The van der Waals surface area contributed by atoms with Crippen molar-refractivity contribution in [2.24, 2.45) is 5.92 Å². The van der Waals surface area contributed by atoms with Gasteiger partial charge in [-0.25, -0.2) is 0 Å². The molecule has 1 aliphatic rings. The lowest BCUT2D eigenvalue weighted by atomic mass is 9.80. The van der Waals surface area contributed by atoms with Crippen molar-refractivity contribution >= 4 is 0 Å². The van der Waals surface area contributed by atoms with Crippen molar-refractivity contribution in [2.75, 3.05) is 0 Å². The SMILES string of the molecule is CC(NCc1cnn(-c2ccccc2)n1)C1CCC1. The molecule has 1 unspecified atom stereocenters. The Labute approximate surface area is 113 Å². The van der Waals surface area contributed by atoms with Crippen molar-refractivity contribution in [1.82, 2.24) is 20.3 Å². The molecule has 1 N–H and O–H groups in total. The second kappa shape index (κ2) is 5.53. The van der Waals surface area contributed by atoms with Gasteiger partial charge in [0.1, 0.15) is 0 Å². The standard InChI is InChI=1S/C15H20N4/c1-12(13-6-5-7-13)16-10-14-11-17-19(18-14)15-8-3-2-4-9-15/h2-4,8-9,11-13,16H,5-7,10H2,1H3. The molecule has 1 heterocycles. The molecule has 0 bridgehead atoms. The van der Waals surface area contributed by atoms with E-state index in [0.717, 1.165) is 23.8 Å². The summed E-state index contributed by atoms with van der Waals surface area (Å²) in [4.78, 5) is 1.69. The van der Waals surface area contributed by atoms with Gasteiger partial charge in [-0.05, 0) is 37.8 Å². The van der Waals surface area contributed by atoms with E-state index in [1.807, 2.05) is 36.5 Å². The van der Waals surface area contributed by atoms with E-state index >= 15 is 0 Å². The molecule has 0 amide bonds. The lowest BCUT2D eigenvalue weighted by molar-refractivity contribution is 0.239. The van der Waals surface area contributed by atoms with Crippen LogP contribution in [0.25, 0.3) is 5.69 Å². The number of rotatable bonds is 5. The molecule has 0 spiro atoms. The lowest BCUT2D eigenvalue weighted by Crippen LogP contribution is -2.36. The van der Waals surface area contributed by atoms with E-state index in [1.54, 1.807) is 4.80 Å².